The molecule has 2 aromatic rings. The first-order valence-electron chi connectivity index (χ1n) is 8.73. The molecule has 1 amide bonds. The van der Waals surface area contributed by atoms with Gasteiger partial charge in [-0.3, -0.25) is 9.69 Å². The fourth-order valence-corrected chi connectivity index (χ4v) is 3.44. The average Bonchev–Trinajstić information content (AvgIpc) is 3.12. The minimum absolute atomic E-state index is 0.0120. The Labute approximate surface area is 156 Å². The van der Waals surface area contributed by atoms with E-state index < -0.39 is 23.2 Å². The van der Waals surface area contributed by atoms with E-state index in [2.05, 4.69) is 5.32 Å². The van der Waals surface area contributed by atoms with Gasteiger partial charge in [0, 0.05) is 17.7 Å². The summed E-state index contributed by atoms with van der Waals surface area (Å²) >= 11 is 0. The van der Waals surface area contributed by atoms with Gasteiger partial charge in [0.05, 0.1) is 20.8 Å². The molecule has 3 rings (SSSR count). The van der Waals surface area contributed by atoms with Crippen LogP contribution in [0.5, 0.6) is 11.5 Å². The van der Waals surface area contributed by atoms with Gasteiger partial charge in [-0.15, -0.1) is 0 Å². The lowest BCUT2D eigenvalue weighted by Crippen LogP contribution is -2.33. The molecule has 0 unspecified atom stereocenters. The number of nitrogens with zero attached hydrogens (tertiary/aromatic N) is 1. The first-order valence-corrected chi connectivity index (χ1v) is 8.73. The normalized spacial score (nSPS) is 17.0. The molecule has 2 aromatic carbocycles. The SMILES string of the molecule is COc1ccc([C@@H]2CCCN2CC(=O)Nc2c(F)cccc2F)c(OC)c1. The number of nitrogens with one attached hydrogen (secondary N) is 1. The van der Waals surface area contributed by atoms with E-state index >= 15 is 0 Å². The predicted molar refractivity (Wildman–Crippen MR) is 98.1 cm³/mol. The van der Waals surface area contributed by atoms with Crippen molar-refractivity contribution in [2.75, 3.05) is 32.6 Å². The molecule has 144 valence electrons. The molecule has 7 heteroatoms. The monoisotopic (exact) mass is 376 g/mol. The molecule has 0 saturated carbocycles. The van der Waals surface area contributed by atoms with E-state index in [1.54, 1.807) is 20.3 Å². The lowest BCUT2D eigenvalue weighted by atomic mass is 10.0. The predicted octanol–water partition coefficient (Wildman–Crippen LogP) is 3.76. The summed E-state index contributed by atoms with van der Waals surface area (Å²) in [5.41, 5.74) is 0.543. The first-order chi connectivity index (χ1) is 13.0. The van der Waals surface area contributed by atoms with Gasteiger partial charge in [-0.05, 0) is 37.6 Å². The number of carbonyl (C=O) groups excluding carboxylic acids is 1. The van der Waals surface area contributed by atoms with Crippen molar-refractivity contribution in [2.24, 2.45) is 0 Å². The molecule has 0 aromatic heterocycles. The third-order valence-electron chi connectivity index (χ3n) is 4.74. The molecule has 1 aliphatic rings. The second-order valence-electron chi connectivity index (χ2n) is 6.38. The van der Waals surface area contributed by atoms with E-state index in [1.807, 2.05) is 17.0 Å². The van der Waals surface area contributed by atoms with Crippen molar-refractivity contribution in [2.45, 2.75) is 18.9 Å². The van der Waals surface area contributed by atoms with Crippen molar-refractivity contribution >= 4 is 11.6 Å². The number of halogens is 2. The molecular weight excluding hydrogens is 354 g/mol. The fourth-order valence-electron chi connectivity index (χ4n) is 3.44. The maximum Gasteiger partial charge on any atom is 0.238 e. The number of ether oxygens (including phenoxy) is 2. The molecule has 0 radical (unpaired) electrons. The highest BCUT2D eigenvalue weighted by Crippen LogP contribution is 2.38. The molecule has 0 spiro atoms. The number of carbonyl (C=O) groups is 1. The second-order valence-corrected chi connectivity index (χ2v) is 6.38. The zero-order valence-corrected chi connectivity index (χ0v) is 15.3. The number of methoxy groups -OCH3 is 2. The van der Waals surface area contributed by atoms with Crippen molar-refractivity contribution in [1.82, 2.24) is 4.90 Å². The standard InChI is InChI=1S/C20H22F2N2O3/c1-26-13-8-9-14(18(11-13)27-2)17-7-4-10-24(17)12-19(25)23-20-15(21)5-3-6-16(20)22/h3,5-6,8-9,11,17H,4,7,10,12H2,1-2H3,(H,23,25)/t17-/m0/s1. The molecule has 1 saturated heterocycles. The second kappa shape index (κ2) is 8.35. The van der Waals surface area contributed by atoms with Crippen LogP contribution in [0.3, 0.4) is 0 Å². The number of anilines is 1. The number of rotatable bonds is 6. The lowest BCUT2D eigenvalue weighted by molar-refractivity contribution is -0.117. The smallest absolute Gasteiger partial charge is 0.238 e. The molecule has 1 atom stereocenters. The molecule has 1 fully saturated rings. The van der Waals surface area contributed by atoms with Crippen LogP contribution in [0, 0.1) is 11.6 Å². The minimum atomic E-state index is -0.793. The summed E-state index contributed by atoms with van der Waals surface area (Å²) in [5, 5.41) is 2.34. The van der Waals surface area contributed by atoms with Crippen LogP contribution >= 0.6 is 0 Å². The molecule has 27 heavy (non-hydrogen) atoms. The van der Waals surface area contributed by atoms with Gasteiger partial charge in [0.25, 0.3) is 0 Å². The van der Waals surface area contributed by atoms with E-state index in [1.165, 1.54) is 6.07 Å². The van der Waals surface area contributed by atoms with Gasteiger partial charge >= 0.3 is 0 Å². The largest absolute Gasteiger partial charge is 0.497 e. The number of hydrogen-bond acceptors (Lipinski definition) is 4. The van der Waals surface area contributed by atoms with E-state index in [9.17, 15) is 13.6 Å². The summed E-state index contributed by atoms with van der Waals surface area (Å²) < 4.78 is 38.2. The highest BCUT2D eigenvalue weighted by atomic mass is 19.1. The van der Waals surface area contributed by atoms with E-state index in [4.69, 9.17) is 9.47 Å². The number of hydrogen-bond donors (Lipinski definition) is 1. The van der Waals surface area contributed by atoms with Gasteiger partial charge in [-0.1, -0.05) is 12.1 Å². The maximum atomic E-state index is 13.7. The van der Waals surface area contributed by atoms with Crippen LogP contribution in [0.25, 0.3) is 0 Å². The summed E-state index contributed by atoms with van der Waals surface area (Å²) in [6.07, 6.45) is 1.78. The Bertz CT molecular complexity index is 809. The van der Waals surface area contributed by atoms with Gasteiger partial charge in [0.1, 0.15) is 28.8 Å². The van der Waals surface area contributed by atoms with Crippen LogP contribution in [0.2, 0.25) is 0 Å². The van der Waals surface area contributed by atoms with Crippen LogP contribution < -0.4 is 14.8 Å². The average molecular weight is 376 g/mol. The zero-order valence-electron chi connectivity index (χ0n) is 15.3. The molecule has 5 nitrogen and oxygen atoms in total. The summed E-state index contributed by atoms with van der Waals surface area (Å²) in [6, 6.07) is 9.05. The van der Waals surface area contributed by atoms with E-state index in [0.717, 1.165) is 30.5 Å². The lowest BCUT2D eigenvalue weighted by Gasteiger charge is -2.26. The van der Waals surface area contributed by atoms with Crippen LogP contribution in [0.1, 0.15) is 24.4 Å². The number of amides is 1. The topological polar surface area (TPSA) is 50.8 Å². The first kappa shape index (κ1) is 19.1. The number of para-hydroxylation sites is 1. The number of likely N-dealkylation sites (tertiary alicyclic amines) is 1. The molecule has 0 bridgehead atoms. The van der Waals surface area contributed by atoms with Crippen molar-refractivity contribution < 1.29 is 23.0 Å². The molecular formula is C20H22F2N2O3. The third-order valence-corrected chi connectivity index (χ3v) is 4.74. The van der Waals surface area contributed by atoms with Crippen molar-refractivity contribution in [3.8, 4) is 11.5 Å². The van der Waals surface area contributed by atoms with E-state index in [0.29, 0.717) is 18.0 Å². The molecule has 1 N–H and O–H groups in total. The van der Waals surface area contributed by atoms with Crippen molar-refractivity contribution in [3.05, 3.63) is 53.6 Å². The Hall–Kier alpha value is -2.67. The maximum absolute atomic E-state index is 13.7. The van der Waals surface area contributed by atoms with Crippen molar-refractivity contribution in [3.63, 3.8) is 0 Å². The Balaban J connectivity index is 1.74. The minimum Gasteiger partial charge on any atom is -0.497 e. The van der Waals surface area contributed by atoms with Crippen molar-refractivity contribution in [1.29, 1.82) is 0 Å². The fraction of sp³-hybridized carbons (Fsp3) is 0.350. The highest BCUT2D eigenvalue weighted by Gasteiger charge is 2.30. The summed E-state index contributed by atoms with van der Waals surface area (Å²) in [7, 11) is 3.17. The Morgan fingerprint density at radius 2 is 1.93 bits per heavy atom. The molecule has 0 aliphatic carbocycles. The summed E-state index contributed by atoms with van der Waals surface area (Å²) in [4.78, 5) is 14.4. The van der Waals surface area contributed by atoms with Crippen LogP contribution in [-0.2, 0) is 4.79 Å². The number of benzene rings is 2. The molecule has 1 aliphatic heterocycles. The quantitative estimate of drug-likeness (QED) is 0.834. The van der Waals surface area contributed by atoms with Crippen LogP contribution in [0.15, 0.2) is 36.4 Å². The van der Waals surface area contributed by atoms with Gasteiger partial charge in [0.15, 0.2) is 0 Å². The van der Waals surface area contributed by atoms with Gasteiger partial charge in [-0.25, -0.2) is 8.78 Å². The van der Waals surface area contributed by atoms with Gasteiger partial charge in [0.2, 0.25) is 5.91 Å². The Morgan fingerprint density at radius 3 is 2.59 bits per heavy atom. The van der Waals surface area contributed by atoms with E-state index in [-0.39, 0.29) is 12.6 Å². The zero-order chi connectivity index (χ0) is 19.4. The molecule has 1 heterocycles. The van der Waals surface area contributed by atoms with Crippen LogP contribution in [-0.4, -0.2) is 38.1 Å². The van der Waals surface area contributed by atoms with Crippen LogP contribution in [0.4, 0.5) is 14.5 Å². The summed E-state index contributed by atoms with van der Waals surface area (Å²) in [6.45, 7) is 0.751. The van der Waals surface area contributed by atoms with Gasteiger partial charge in [-0.2, -0.15) is 0 Å². The third kappa shape index (κ3) is 4.19. The van der Waals surface area contributed by atoms with Gasteiger partial charge < -0.3 is 14.8 Å². The Kier molecular flexibility index (Phi) is 5.91. The highest BCUT2D eigenvalue weighted by molar-refractivity contribution is 5.92. The summed E-state index contributed by atoms with van der Waals surface area (Å²) in [5.74, 6) is -0.672. The Morgan fingerprint density at radius 1 is 1.19 bits per heavy atom.